The van der Waals surface area contributed by atoms with Gasteiger partial charge in [-0.3, -0.25) is 9.59 Å². The lowest BCUT2D eigenvalue weighted by Gasteiger charge is -2.43. The Labute approximate surface area is 173 Å². The van der Waals surface area contributed by atoms with Crippen LogP contribution in [0.25, 0.3) is 0 Å². The number of rotatable bonds is 5. The largest absolute Gasteiger partial charge is 0.341 e. The molecule has 28 heavy (non-hydrogen) atoms. The fourth-order valence-electron chi connectivity index (χ4n) is 4.27. The van der Waals surface area contributed by atoms with Crippen molar-refractivity contribution >= 4 is 29.0 Å². The molecular weight excluding hydrogens is 392 g/mol. The normalized spacial score (nSPS) is 21.1. The maximum absolute atomic E-state index is 12.9. The quantitative estimate of drug-likeness (QED) is 0.698. The molecule has 2 aliphatic rings. The molecule has 1 saturated heterocycles. The second-order valence-corrected chi connectivity index (χ2v) is 10.2. The van der Waals surface area contributed by atoms with E-state index in [9.17, 15) is 9.59 Å². The van der Waals surface area contributed by atoms with Gasteiger partial charge in [-0.05, 0) is 39.4 Å². The Kier molecular flexibility index (Phi) is 5.62. The summed E-state index contributed by atoms with van der Waals surface area (Å²) in [5.74, 6) is 1.22. The standard InChI is InChI=1S/C20H26N4O2S2/c1-13-11-27-20(21-13)28-12-18(25)23-7-14-6-16(10-23)17-5-4-15(9-22(2)3)19(26)24(17)8-14/h4-5,11,14,16H,6-10,12H2,1-3H3/t14-,16+/m0/s1. The van der Waals surface area contributed by atoms with Crippen molar-refractivity contribution in [1.82, 2.24) is 19.4 Å². The average Bonchev–Trinajstić information content (AvgIpc) is 3.07. The fourth-order valence-corrected chi connectivity index (χ4v) is 6.02. The lowest BCUT2D eigenvalue weighted by atomic mass is 9.83. The lowest BCUT2D eigenvalue weighted by molar-refractivity contribution is -0.131. The molecular formula is C20H26N4O2S2. The van der Waals surface area contributed by atoms with Crippen LogP contribution in [0.4, 0.5) is 0 Å². The van der Waals surface area contributed by atoms with Crippen LogP contribution in [-0.2, 0) is 17.9 Å². The summed E-state index contributed by atoms with van der Waals surface area (Å²) >= 11 is 3.12. The van der Waals surface area contributed by atoms with E-state index in [-0.39, 0.29) is 17.4 Å². The summed E-state index contributed by atoms with van der Waals surface area (Å²) in [6.45, 7) is 4.80. The van der Waals surface area contributed by atoms with Crippen LogP contribution in [-0.4, -0.2) is 58.2 Å². The Morgan fingerprint density at radius 2 is 2.14 bits per heavy atom. The zero-order valence-corrected chi connectivity index (χ0v) is 18.2. The van der Waals surface area contributed by atoms with Gasteiger partial charge in [0, 0.05) is 54.4 Å². The molecule has 0 aliphatic carbocycles. The van der Waals surface area contributed by atoms with Crippen LogP contribution in [0.2, 0.25) is 0 Å². The van der Waals surface area contributed by atoms with Crippen molar-refractivity contribution in [2.45, 2.75) is 36.7 Å². The van der Waals surface area contributed by atoms with E-state index in [0.717, 1.165) is 34.3 Å². The minimum absolute atomic E-state index is 0.135. The zero-order valence-electron chi connectivity index (χ0n) is 16.6. The van der Waals surface area contributed by atoms with Crippen LogP contribution in [0.15, 0.2) is 26.6 Å². The molecule has 2 aromatic rings. The molecule has 1 fully saturated rings. The van der Waals surface area contributed by atoms with Crippen molar-refractivity contribution < 1.29 is 4.79 Å². The number of likely N-dealkylation sites (tertiary alicyclic amines) is 1. The van der Waals surface area contributed by atoms with Gasteiger partial charge in [0.2, 0.25) is 5.91 Å². The molecule has 4 rings (SSSR count). The highest BCUT2D eigenvalue weighted by molar-refractivity contribution is 8.01. The van der Waals surface area contributed by atoms with Crippen LogP contribution in [0.1, 0.15) is 29.3 Å². The molecule has 8 heteroatoms. The van der Waals surface area contributed by atoms with Crippen molar-refractivity contribution in [2.75, 3.05) is 32.9 Å². The highest BCUT2D eigenvalue weighted by atomic mass is 32.2. The van der Waals surface area contributed by atoms with Crippen molar-refractivity contribution in [1.29, 1.82) is 0 Å². The molecule has 2 bridgehead atoms. The lowest BCUT2D eigenvalue weighted by Crippen LogP contribution is -2.50. The number of fused-ring (bicyclic) bond motifs is 4. The zero-order chi connectivity index (χ0) is 19.8. The first-order valence-corrected chi connectivity index (χ1v) is 11.5. The number of carbonyl (C=O) groups is 1. The summed E-state index contributed by atoms with van der Waals surface area (Å²) in [4.78, 5) is 34.1. The third-order valence-electron chi connectivity index (χ3n) is 5.44. The number of hydrogen-bond donors (Lipinski definition) is 0. The van der Waals surface area contributed by atoms with E-state index in [2.05, 4.69) is 11.1 Å². The van der Waals surface area contributed by atoms with Crippen LogP contribution in [0.3, 0.4) is 0 Å². The second-order valence-electron chi connectivity index (χ2n) is 8.08. The van der Waals surface area contributed by atoms with Gasteiger partial charge in [0.15, 0.2) is 4.34 Å². The maximum Gasteiger partial charge on any atom is 0.255 e. The molecule has 2 atom stereocenters. The van der Waals surface area contributed by atoms with E-state index in [1.54, 1.807) is 11.3 Å². The smallest absolute Gasteiger partial charge is 0.255 e. The van der Waals surface area contributed by atoms with Crippen molar-refractivity contribution in [2.24, 2.45) is 5.92 Å². The molecule has 2 aromatic heterocycles. The summed E-state index contributed by atoms with van der Waals surface area (Å²) < 4.78 is 2.92. The first-order valence-electron chi connectivity index (χ1n) is 9.60. The number of piperidine rings is 1. The molecule has 0 aromatic carbocycles. The Balaban J connectivity index is 1.47. The molecule has 6 nitrogen and oxygen atoms in total. The highest BCUT2D eigenvalue weighted by Crippen LogP contribution is 2.35. The van der Waals surface area contributed by atoms with Gasteiger partial charge in [-0.1, -0.05) is 17.8 Å². The van der Waals surface area contributed by atoms with Gasteiger partial charge in [-0.2, -0.15) is 0 Å². The van der Waals surface area contributed by atoms with Crippen molar-refractivity contribution in [3.63, 3.8) is 0 Å². The molecule has 150 valence electrons. The van der Waals surface area contributed by atoms with E-state index in [4.69, 9.17) is 0 Å². The summed E-state index contributed by atoms with van der Waals surface area (Å²) in [6.07, 6.45) is 1.06. The number of nitrogens with zero attached hydrogens (tertiary/aromatic N) is 4. The molecule has 0 saturated carbocycles. The fraction of sp³-hybridized carbons (Fsp3) is 0.550. The summed E-state index contributed by atoms with van der Waals surface area (Å²) in [5, 5.41) is 2.01. The Morgan fingerprint density at radius 3 is 2.86 bits per heavy atom. The van der Waals surface area contributed by atoms with Crippen LogP contribution < -0.4 is 5.56 Å². The number of hydrogen-bond acceptors (Lipinski definition) is 6. The molecule has 4 heterocycles. The van der Waals surface area contributed by atoms with Gasteiger partial charge in [0.1, 0.15) is 0 Å². The van der Waals surface area contributed by atoms with Gasteiger partial charge >= 0.3 is 0 Å². The SMILES string of the molecule is Cc1csc(SCC(=O)N2C[C@@H]3C[C@H](C2)c2ccc(CN(C)C)c(=O)n2C3)n1. The summed E-state index contributed by atoms with van der Waals surface area (Å²) in [7, 11) is 3.96. The molecule has 0 N–H and O–H groups in total. The van der Waals surface area contributed by atoms with Gasteiger partial charge in [0.25, 0.3) is 5.56 Å². The Morgan fingerprint density at radius 1 is 1.32 bits per heavy atom. The van der Waals surface area contributed by atoms with Gasteiger partial charge in [0.05, 0.1) is 5.75 Å². The van der Waals surface area contributed by atoms with E-state index >= 15 is 0 Å². The maximum atomic E-state index is 12.9. The third kappa shape index (κ3) is 4.04. The number of amides is 1. The monoisotopic (exact) mass is 418 g/mol. The number of thioether (sulfide) groups is 1. The summed E-state index contributed by atoms with van der Waals surface area (Å²) in [6, 6.07) is 4.07. The predicted molar refractivity (Wildman–Crippen MR) is 113 cm³/mol. The van der Waals surface area contributed by atoms with E-state index in [1.807, 2.05) is 46.8 Å². The average molecular weight is 419 g/mol. The first-order chi connectivity index (χ1) is 13.4. The minimum Gasteiger partial charge on any atom is -0.341 e. The van der Waals surface area contributed by atoms with Crippen LogP contribution in [0.5, 0.6) is 0 Å². The number of pyridine rings is 1. The molecule has 0 radical (unpaired) electrons. The number of carbonyl (C=O) groups excluding carboxylic acids is 1. The second kappa shape index (κ2) is 8.00. The first kappa shape index (κ1) is 19.7. The molecule has 1 amide bonds. The van der Waals surface area contributed by atoms with Gasteiger partial charge in [-0.15, -0.1) is 11.3 Å². The van der Waals surface area contributed by atoms with Crippen LogP contribution >= 0.6 is 23.1 Å². The highest BCUT2D eigenvalue weighted by Gasteiger charge is 2.36. The van der Waals surface area contributed by atoms with Crippen molar-refractivity contribution in [3.8, 4) is 0 Å². The molecule has 0 spiro atoms. The predicted octanol–water partition coefficient (Wildman–Crippen LogP) is 2.41. The Bertz CT molecular complexity index is 937. The van der Waals surface area contributed by atoms with Crippen molar-refractivity contribution in [3.05, 3.63) is 44.8 Å². The van der Waals surface area contributed by atoms with Gasteiger partial charge in [-0.25, -0.2) is 4.98 Å². The van der Waals surface area contributed by atoms with Crippen LogP contribution in [0, 0.1) is 12.8 Å². The summed E-state index contributed by atoms with van der Waals surface area (Å²) in [5.41, 5.74) is 3.07. The molecule has 0 unspecified atom stereocenters. The number of aromatic nitrogens is 2. The Hall–Kier alpha value is -1.64. The number of aryl methyl sites for hydroxylation is 1. The molecule has 2 aliphatic heterocycles. The van der Waals surface area contributed by atoms with E-state index < -0.39 is 0 Å². The van der Waals surface area contributed by atoms with E-state index in [0.29, 0.717) is 31.3 Å². The number of thiazole rings is 1. The van der Waals surface area contributed by atoms with Gasteiger partial charge < -0.3 is 14.4 Å². The third-order valence-corrected chi connectivity index (χ3v) is 7.56. The topological polar surface area (TPSA) is 58.4 Å². The minimum atomic E-state index is 0.135. The van der Waals surface area contributed by atoms with E-state index in [1.165, 1.54) is 11.8 Å².